The lowest BCUT2D eigenvalue weighted by atomic mass is 10.0. The van der Waals surface area contributed by atoms with E-state index in [9.17, 15) is 19.5 Å². The number of aliphatic carboxylic acids is 1. The Hall–Kier alpha value is -2.60. The number of nitrogens with one attached hydrogen (secondary N) is 1. The summed E-state index contributed by atoms with van der Waals surface area (Å²) in [6.07, 6.45) is 3.45. The number of rotatable bonds is 5. The molecule has 2 aromatic rings. The lowest BCUT2D eigenvalue weighted by Gasteiger charge is -2.18. The van der Waals surface area contributed by atoms with E-state index in [1.165, 1.54) is 22.9 Å². The van der Waals surface area contributed by atoms with Crippen LogP contribution in [-0.2, 0) is 11.3 Å². The molecule has 1 heterocycles. The zero-order chi connectivity index (χ0) is 18.7. The third-order valence-corrected chi connectivity index (χ3v) is 5.06. The molecule has 6 nitrogen and oxygen atoms in total. The van der Waals surface area contributed by atoms with Gasteiger partial charge in [0.15, 0.2) is 0 Å². The number of hydrogen-bond donors (Lipinski definition) is 2. The molecule has 0 radical (unpaired) electrons. The predicted molar refractivity (Wildman–Crippen MR) is 97.5 cm³/mol. The van der Waals surface area contributed by atoms with Crippen LogP contribution in [0.4, 0.5) is 0 Å². The third-order valence-electron chi connectivity index (χ3n) is 4.69. The summed E-state index contributed by atoms with van der Waals surface area (Å²) < 4.78 is 1.42. The van der Waals surface area contributed by atoms with Gasteiger partial charge >= 0.3 is 5.97 Å². The van der Waals surface area contributed by atoms with Crippen LogP contribution < -0.4 is 10.9 Å². The molecule has 2 N–H and O–H groups in total. The summed E-state index contributed by atoms with van der Waals surface area (Å²) in [6.45, 7) is 0.251. The molecule has 2 atom stereocenters. The van der Waals surface area contributed by atoms with Crippen LogP contribution in [0, 0.1) is 5.92 Å². The van der Waals surface area contributed by atoms with Crippen LogP contribution in [0.1, 0.15) is 35.2 Å². The number of carboxylic acids is 1. The fourth-order valence-electron chi connectivity index (χ4n) is 3.28. The van der Waals surface area contributed by atoms with Crippen molar-refractivity contribution in [3.63, 3.8) is 0 Å². The van der Waals surface area contributed by atoms with Crippen LogP contribution in [0.3, 0.4) is 0 Å². The quantitative estimate of drug-likeness (QED) is 0.841. The van der Waals surface area contributed by atoms with E-state index in [0.717, 1.165) is 12.0 Å². The van der Waals surface area contributed by atoms with Gasteiger partial charge in [-0.2, -0.15) is 0 Å². The van der Waals surface area contributed by atoms with E-state index in [4.69, 9.17) is 11.6 Å². The number of benzene rings is 1. The molecule has 136 valence electrons. The van der Waals surface area contributed by atoms with Gasteiger partial charge in [0.1, 0.15) is 0 Å². The third kappa shape index (κ3) is 3.96. The molecule has 1 saturated carbocycles. The van der Waals surface area contributed by atoms with E-state index >= 15 is 0 Å². The number of amides is 1. The molecule has 0 aliphatic heterocycles. The van der Waals surface area contributed by atoms with Gasteiger partial charge in [-0.1, -0.05) is 36.2 Å². The Bertz CT molecular complexity index is 893. The number of carbonyl (C=O) groups is 2. The maximum absolute atomic E-state index is 12.5. The number of pyridine rings is 1. The first-order valence-electron chi connectivity index (χ1n) is 8.43. The molecule has 26 heavy (non-hydrogen) atoms. The van der Waals surface area contributed by atoms with Gasteiger partial charge in [0, 0.05) is 23.3 Å². The maximum atomic E-state index is 12.5. The van der Waals surface area contributed by atoms with E-state index in [1.54, 1.807) is 12.1 Å². The molecule has 1 fully saturated rings. The minimum atomic E-state index is -0.892. The first-order valence-corrected chi connectivity index (χ1v) is 8.81. The Morgan fingerprint density at radius 3 is 2.69 bits per heavy atom. The lowest BCUT2D eigenvalue weighted by molar-refractivity contribution is -0.142. The summed E-state index contributed by atoms with van der Waals surface area (Å²) in [5.41, 5.74) is 0.842. The van der Waals surface area contributed by atoms with Crippen LogP contribution in [0.15, 0.2) is 47.4 Å². The van der Waals surface area contributed by atoms with Crippen LogP contribution in [-0.4, -0.2) is 27.6 Å². The lowest BCUT2D eigenvalue weighted by Crippen LogP contribution is -2.40. The molecule has 0 bridgehead atoms. The summed E-state index contributed by atoms with van der Waals surface area (Å²) >= 11 is 6.14. The first kappa shape index (κ1) is 18.2. The summed E-state index contributed by atoms with van der Waals surface area (Å²) in [5.74, 6) is -1.83. The number of halogens is 1. The molecular formula is C19H19ClN2O4. The number of aromatic nitrogens is 1. The maximum Gasteiger partial charge on any atom is 0.308 e. The highest BCUT2D eigenvalue weighted by Crippen LogP contribution is 2.26. The Balaban J connectivity index is 1.78. The molecule has 0 saturated heterocycles. The van der Waals surface area contributed by atoms with E-state index in [1.807, 2.05) is 12.1 Å². The predicted octanol–water partition coefficient (Wildman–Crippen LogP) is 2.53. The summed E-state index contributed by atoms with van der Waals surface area (Å²) in [5, 5.41) is 12.6. The van der Waals surface area contributed by atoms with Crippen molar-refractivity contribution >= 4 is 23.5 Å². The second kappa shape index (κ2) is 7.74. The van der Waals surface area contributed by atoms with Gasteiger partial charge in [-0.3, -0.25) is 14.4 Å². The molecule has 1 aromatic heterocycles. The van der Waals surface area contributed by atoms with E-state index in [2.05, 4.69) is 5.32 Å². The number of carbonyl (C=O) groups excluding carboxylic acids is 1. The van der Waals surface area contributed by atoms with Crippen LogP contribution in [0.2, 0.25) is 5.02 Å². The number of nitrogens with zero attached hydrogens (tertiary/aromatic N) is 1. The second-order valence-electron chi connectivity index (χ2n) is 6.43. The van der Waals surface area contributed by atoms with E-state index < -0.39 is 11.9 Å². The van der Waals surface area contributed by atoms with E-state index in [-0.39, 0.29) is 24.1 Å². The van der Waals surface area contributed by atoms with Crippen molar-refractivity contribution in [2.45, 2.75) is 31.8 Å². The Morgan fingerprint density at radius 1 is 1.19 bits per heavy atom. The van der Waals surface area contributed by atoms with Crippen LogP contribution in [0.25, 0.3) is 0 Å². The van der Waals surface area contributed by atoms with Gasteiger partial charge in [-0.05, 0) is 30.5 Å². The molecule has 1 aromatic carbocycles. The molecule has 1 amide bonds. The first-order chi connectivity index (χ1) is 12.5. The standard InChI is InChI=1S/C19H19ClN2O4/c20-15-6-2-1-4-12(15)10-22-11-13(8-9-17(22)23)18(24)21-16-7-3-5-14(16)19(25)26/h1-2,4,6,8-9,11,14,16H,3,5,7,10H2,(H,21,24)(H,25,26)/t14-,16+/m1/s1. The highest BCUT2D eigenvalue weighted by atomic mass is 35.5. The van der Waals surface area contributed by atoms with Crippen LogP contribution >= 0.6 is 11.6 Å². The van der Waals surface area contributed by atoms with Crippen molar-refractivity contribution < 1.29 is 14.7 Å². The van der Waals surface area contributed by atoms with E-state index in [0.29, 0.717) is 23.4 Å². The van der Waals surface area contributed by atoms with Gasteiger partial charge in [-0.15, -0.1) is 0 Å². The Morgan fingerprint density at radius 2 is 1.96 bits per heavy atom. The van der Waals surface area contributed by atoms with Crippen molar-refractivity contribution in [3.05, 3.63) is 69.1 Å². The average molecular weight is 375 g/mol. The largest absolute Gasteiger partial charge is 0.481 e. The van der Waals surface area contributed by atoms with Crippen molar-refractivity contribution in [1.29, 1.82) is 0 Å². The highest BCUT2D eigenvalue weighted by molar-refractivity contribution is 6.31. The Labute approximate surface area is 155 Å². The monoisotopic (exact) mass is 374 g/mol. The topological polar surface area (TPSA) is 88.4 Å². The highest BCUT2D eigenvalue weighted by Gasteiger charge is 2.34. The zero-order valence-electron chi connectivity index (χ0n) is 14.0. The van der Waals surface area contributed by atoms with Gasteiger partial charge in [0.25, 0.3) is 11.5 Å². The van der Waals surface area contributed by atoms with Crippen molar-refractivity contribution in [3.8, 4) is 0 Å². The Kier molecular flexibility index (Phi) is 5.42. The van der Waals surface area contributed by atoms with Crippen molar-refractivity contribution in [2.75, 3.05) is 0 Å². The van der Waals surface area contributed by atoms with Gasteiger partial charge < -0.3 is 15.0 Å². The van der Waals surface area contributed by atoms with Gasteiger partial charge in [0.2, 0.25) is 0 Å². The minimum Gasteiger partial charge on any atom is -0.481 e. The number of hydrogen-bond acceptors (Lipinski definition) is 3. The molecule has 0 unspecified atom stereocenters. The number of carboxylic acid groups (broad SMARTS) is 1. The molecule has 3 rings (SSSR count). The fourth-order valence-corrected chi connectivity index (χ4v) is 3.47. The molecular weight excluding hydrogens is 356 g/mol. The second-order valence-corrected chi connectivity index (χ2v) is 6.84. The molecule has 1 aliphatic rings. The normalized spacial score (nSPS) is 19.3. The summed E-state index contributed by atoms with van der Waals surface area (Å²) in [6, 6.07) is 9.58. The molecule has 7 heteroatoms. The summed E-state index contributed by atoms with van der Waals surface area (Å²) in [7, 11) is 0. The van der Waals surface area contributed by atoms with Gasteiger partial charge in [0.05, 0.1) is 18.0 Å². The average Bonchev–Trinajstić information content (AvgIpc) is 3.07. The van der Waals surface area contributed by atoms with Crippen molar-refractivity contribution in [2.24, 2.45) is 5.92 Å². The smallest absolute Gasteiger partial charge is 0.308 e. The fraction of sp³-hybridized carbons (Fsp3) is 0.316. The van der Waals surface area contributed by atoms with Crippen molar-refractivity contribution in [1.82, 2.24) is 9.88 Å². The molecule has 0 spiro atoms. The SMILES string of the molecule is O=C(N[C@H]1CCC[C@H]1C(=O)O)c1ccc(=O)n(Cc2ccccc2Cl)c1. The van der Waals surface area contributed by atoms with Crippen LogP contribution in [0.5, 0.6) is 0 Å². The summed E-state index contributed by atoms with van der Waals surface area (Å²) in [4.78, 5) is 35.9. The minimum absolute atomic E-state index is 0.245. The zero-order valence-corrected chi connectivity index (χ0v) is 14.8. The van der Waals surface area contributed by atoms with Gasteiger partial charge in [-0.25, -0.2) is 0 Å². The molecule has 1 aliphatic carbocycles.